The van der Waals surface area contributed by atoms with Crippen LogP contribution < -0.4 is 10.7 Å². The van der Waals surface area contributed by atoms with Gasteiger partial charge < -0.3 is 5.32 Å². The van der Waals surface area contributed by atoms with Crippen LogP contribution in [0.5, 0.6) is 0 Å². The molecule has 6 nitrogen and oxygen atoms in total. The molecule has 0 atom stereocenters. The van der Waals surface area contributed by atoms with Crippen LogP contribution in [0.15, 0.2) is 47.4 Å². The number of amides is 1. The minimum Gasteiger partial charge on any atom is -0.345 e. The predicted molar refractivity (Wildman–Crippen MR) is 82.3 cm³/mol. The molecular formula is C16H13FN4O2. The molecule has 1 aromatic carbocycles. The Balaban J connectivity index is 1.94. The van der Waals surface area contributed by atoms with Gasteiger partial charge in [0, 0.05) is 13.2 Å². The molecule has 0 aliphatic carbocycles. The molecule has 3 rings (SSSR count). The minimum atomic E-state index is -0.623. The van der Waals surface area contributed by atoms with Crippen molar-refractivity contribution in [1.82, 2.24) is 20.1 Å². The fraction of sp³-hybridized carbons (Fsp3) is 0.125. The number of aromatic nitrogens is 3. The van der Waals surface area contributed by atoms with Gasteiger partial charge in [-0.25, -0.2) is 4.39 Å². The van der Waals surface area contributed by atoms with Gasteiger partial charge >= 0.3 is 0 Å². The number of aryl methyl sites for hydroxylation is 1. The van der Waals surface area contributed by atoms with Gasteiger partial charge in [0.25, 0.3) is 5.91 Å². The van der Waals surface area contributed by atoms with Gasteiger partial charge in [-0.2, -0.15) is 5.10 Å². The van der Waals surface area contributed by atoms with E-state index in [1.807, 2.05) is 0 Å². The summed E-state index contributed by atoms with van der Waals surface area (Å²) >= 11 is 0. The molecular weight excluding hydrogens is 299 g/mol. The highest BCUT2D eigenvalue weighted by atomic mass is 19.1. The normalized spacial score (nSPS) is 10.7. The Labute approximate surface area is 130 Å². The first-order chi connectivity index (χ1) is 11.1. The van der Waals surface area contributed by atoms with Crippen molar-refractivity contribution in [2.24, 2.45) is 7.05 Å². The summed E-state index contributed by atoms with van der Waals surface area (Å²) in [6.45, 7) is 0.172. The number of fused-ring (bicyclic) bond motifs is 1. The van der Waals surface area contributed by atoms with Crippen molar-refractivity contribution in [2.45, 2.75) is 6.54 Å². The van der Waals surface area contributed by atoms with Crippen LogP contribution in [-0.4, -0.2) is 20.7 Å². The maximum absolute atomic E-state index is 13.4. The van der Waals surface area contributed by atoms with Crippen molar-refractivity contribution in [1.29, 1.82) is 0 Å². The first kappa shape index (κ1) is 14.8. The lowest BCUT2D eigenvalue weighted by Crippen LogP contribution is -2.31. The molecule has 0 spiro atoms. The Morgan fingerprint density at radius 1 is 1.30 bits per heavy atom. The lowest BCUT2D eigenvalue weighted by Gasteiger charge is -2.08. The smallest absolute Gasteiger partial charge is 0.276 e. The van der Waals surface area contributed by atoms with E-state index in [0.717, 1.165) is 6.07 Å². The zero-order valence-corrected chi connectivity index (χ0v) is 12.3. The molecule has 0 saturated heterocycles. The van der Waals surface area contributed by atoms with Crippen LogP contribution in [0.4, 0.5) is 4.39 Å². The summed E-state index contributed by atoms with van der Waals surface area (Å²) in [5, 5.41) is 6.70. The molecule has 0 unspecified atom stereocenters. The molecule has 7 heteroatoms. The monoisotopic (exact) mass is 312 g/mol. The van der Waals surface area contributed by atoms with Crippen LogP contribution >= 0.6 is 0 Å². The van der Waals surface area contributed by atoms with Gasteiger partial charge in [0.1, 0.15) is 5.82 Å². The van der Waals surface area contributed by atoms with Crippen LogP contribution in [0.25, 0.3) is 10.9 Å². The average molecular weight is 312 g/mol. The lowest BCUT2D eigenvalue weighted by molar-refractivity contribution is 0.0942. The van der Waals surface area contributed by atoms with Crippen LogP contribution in [0.2, 0.25) is 0 Å². The second-order valence-electron chi connectivity index (χ2n) is 4.97. The number of hydrogen-bond donors (Lipinski definition) is 1. The van der Waals surface area contributed by atoms with Crippen LogP contribution in [0.1, 0.15) is 16.2 Å². The fourth-order valence-corrected chi connectivity index (χ4v) is 2.25. The van der Waals surface area contributed by atoms with Crippen LogP contribution in [0, 0.1) is 5.82 Å². The molecule has 2 aromatic heterocycles. The number of carbonyl (C=O) groups excluding carboxylic acids is 1. The molecule has 0 radical (unpaired) electrons. The van der Waals surface area contributed by atoms with Gasteiger partial charge in [0.2, 0.25) is 5.43 Å². The minimum absolute atomic E-state index is 0.116. The molecule has 23 heavy (non-hydrogen) atoms. The van der Waals surface area contributed by atoms with E-state index in [9.17, 15) is 14.0 Å². The molecule has 2 heterocycles. The number of carbonyl (C=O) groups is 1. The highest BCUT2D eigenvalue weighted by Crippen LogP contribution is 2.11. The summed E-state index contributed by atoms with van der Waals surface area (Å²) in [5.41, 5.74) is 0.236. The maximum atomic E-state index is 13.4. The Morgan fingerprint density at radius 3 is 2.87 bits per heavy atom. The number of nitrogens with zero attached hydrogens (tertiary/aromatic N) is 3. The van der Waals surface area contributed by atoms with Gasteiger partial charge in [0.05, 0.1) is 23.1 Å². The predicted octanol–water partition coefficient (Wildman–Crippen LogP) is 1.40. The second kappa shape index (κ2) is 5.96. The summed E-state index contributed by atoms with van der Waals surface area (Å²) < 4.78 is 14.8. The maximum Gasteiger partial charge on any atom is 0.276 e. The van der Waals surface area contributed by atoms with Crippen LogP contribution in [0.3, 0.4) is 0 Å². The molecule has 1 amide bonds. The second-order valence-corrected chi connectivity index (χ2v) is 4.97. The SMILES string of the molecule is Cn1nc(C(=O)NCc2ccccn2)c(=O)c2cc(F)ccc21. The van der Waals surface area contributed by atoms with Crippen molar-refractivity contribution < 1.29 is 9.18 Å². The van der Waals surface area contributed by atoms with E-state index in [1.165, 1.54) is 16.8 Å². The van der Waals surface area contributed by atoms with Gasteiger partial charge in [-0.15, -0.1) is 0 Å². The van der Waals surface area contributed by atoms with E-state index in [2.05, 4.69) is 15.4 Å². The van der Waals surface area contributed by atoms with Crippen molar-refractivity contribution in [3.8, 4) is 0 Å². The van der Waals surface area contributed by atoms with Gasteiger partial charge in [-0.3, -0.25) is 19.3 Å². The van der Waals surface area contributed by atoms with Gasteiger partial charge in [-0.1, -0.05) is 6.07 Å². The first-order valence-corrected chi connectivity index (χ1v) is 6.91. The third-order valence-corrected chi connectivity index (χ3v) is 3.39. The lowest BCUT2D eigenvalue weighted by atomic mass is 10.2. The van der Waals surface area contributed by atoms with Gasteiger partial charge in [-0.05, 0) is 30.3 Å². The highest BCUT2D eigenvalue weighted by Gasteiger charge is 2.16. The van der Waals surface area contributed by atoms with E-state index in [4.69, 9.17) is 0 Å². The first-order valence-electron chi connectivity index (χ1n) is 6.91. The number of pyridine rings is 1. The van der Waals surface area contributed by atoms with Gasteiger partial charge in [0.15, 0.2) is 5.69 Å². The third kappa shape index (κ3) is 2.94. The highest BCUT2D eigenvalue weighted by molar-refractivity contribution is 5.95. The molecule has 0 aliphatic rings. The molecule has 0 saturated carbocycles. The molecule has 116 valence electrons. The number of hydrogen-bond acceptors (Lipinski definition) is 4. The zero-order chi connectivity index (χ0) is 16.4. The molecule has 3 aromatic rings. The Hall–Kier alpha value is -3.09. The summed E-state index contributed by atoms with van der Waals surface area (Å²) in [5.74, 6) is -1.16. The number of rotatable bonds is 3. The van der Waals surface area contributed by atoms with Crippen molar-refractivity contribution in [2.75, 3.05) is 0 Å². The molecule has 0 aliphatic heterocycles. The number of nitrogens with one attached hydrogen (secondary N) is 1. The van der Waals surface area contributed by atoms with E-state index < -0.39 is 17.2 Å². The van der Waals surface area contributed by atoms with E-state index >= 15 is 0 Å². The number of benzene rings is 1. The zero-order valence-electron chi connectivity index (χ0n) is 12.3. The van der Waals surface area contributed by atoms with Crippen molar-refractivity contribution >= 4 is 16.8 Å². The summed E-state index contributed by atoms with van der Waals surface area (Å²) in [6, 6.07) is 9.11. The average Bonchev–Trinajstić information content (AvgIpc) is 2.56. The van der Waals surface area contributed by atoms with E-state index in [1.54, 1.807) is 31.4 Å². The Morgan fingerprint density at radius 2 is 2.13 bits per heavy atom. The van der Waals surface area contributed by atoms with Crippen molar-refractivity contribution in [3.05, 3.63) is 70.0 Å². The van der Waals surface area contributed by atoms with E-state index in [0.29, 0.717) is 11.2 Å². The summed E-state index contributed by atoms with van der Waals surface area (Å²) in [4.78, 5) is 28.7. The largest absolute Gasteiger partial charge is 0.345 e. The Bertz CT molecular complexity index is 938. The standard InChI is InChI=1S/C16H13FN4O2/c1-21-13-6-5-10(17)8-12(13)15(22)14(20-21)16(23)19-9-11-4-2-3-7-18-11/h2-8H,9H2,1H3,(H,19,23). The van der Waals surface area contributed by atoms with Crippen molar-refractivity contribution in [3.63, 3.8) is 0 Å². The summed E-state index contributed by atoms with van der Waals surface area (Å²) in [7, 11) is 1.59. The molecule has 0 fully saturated rings. The fourth-order valence-electron chi connectivity index (χ4n) is 2.25. The quantitative estimate of drug-likeness (QED) is 0.793. The topological polar surface area (TPSA) is 76.9 Å². The number of halogens is 1. The molecule has 0 bridgehead atoms. The van der Waals surface area contributed by atoms with Crippen LogP contribution in [-0.2, 0) is 13.6 Å². The van der Waals surface area contributed by atoms with E-state index in [-0.39, 0.29) is 17.6 Å². The third-order valence-electron chi connectivity index (χ3n) is 3.39. The summed E-state index contributed by atoms with van der Waals surface area (Å²) in [6.07, 6.45) is 1.61. The Kier molecular flexibility index (Phi) is 3.84. The molecule has 1 N–H and O–H groups in total.